The molecule has 4 aromatic rings. The summed E-state index contributed by atoms with van der Waals surface area (Å²) < 4.78 is 9.49. The summed E-state index contributed by atoms with van der Waals surface area (Å²) in [6, 6.07) is 7.00. The summed E-state index contributed by atoms with van der Waals surface area (Å²) in [5, 5.41) is 13.3. The molecule has 41 heavy (non-hydrogen) atoms. The second-order valence-electron chi connectivity index (χ2n) is 12.2. The molecule has 0 spiro atoms. The summed E-state index contributed by atoms with van der Waals surface area (Å²) in [5.41, 5.74) is 9.12. The van der Waals surface area contributed by atoms with Crippen molar-refractivity contribution in [3.05, 3.63) is 42.4 Å². The maximum Gasteiger partial charge on any atom is 0.314 e. The molecule has 1 saturated heterocycles. The van der Waals surface area contributed by atoms with E-state index in [0.29, 0.717) is 35.6 Å². The molecule has 1 aliphatic heterocycles. The Morgan fingerprint density at radius 2 is 1.90 bits per heavy atom. The number of benzene rings is 1. The summed E-state index contributed by atoms with van der Waals surface area (Å²) in [5.74, 6) is -0.712. The minimum Gasteiger partial charge on any atom is -0.383 e. The molecule has 1 aromatic carbocycles. The van der Waals surface area contributed by atoms with E-state index >= 15 is 0 Å². The van der Waals surface area contributed by atoms with Crippen molar-refractivity contribution in [3.8, 4) is 0 Å². The molecule has 2 amide bonds. The fourth-order valence-corrected chi connectivity index (χ4v) is 6.19. The average Bonchev–Trinajstić information content (AvgIpc) is 3.56. The molecule has 0 bridgehead atoms. The average molecular weight is 577 g/mol. The quantitative estimate of drug-likeness (QED) is 0.177. The first-order valence-corrected chi connectivity index (χ1v) is 18.0. The summed E-state index contributed by atoms with van der Waals surface area (Å²) >= 11 is 0. The van der Waals surface area contributed by atoms with Crippen LogP contribution in [0.5, 0.6) is 0 Å². The molecule has 0 radical (unpaired) electrons. The van der Waals surface area contributed by atoms with E-state index in [9.17, 15) is 9.59 Å². The molecule has 0 aliphatic carbocycles. The Morgan fingerprint density at radius 3 is 2.66 bits per heavy atom. The highest BCUT2D eigenvalue weighted by Gasteiger charge is 2.35. The largest absolute Gasteiger partial charge is 0.383 e. The fraction of sp³-hybridized carbons (Fsp3) is 0.483. The van der Waals surface area contributed by atoms with Gasteiger partial charge in [0.15, 0.2) is 0 Å². The molecule has 5 rings (SSSR count). The monoisotopic (exact) mass is 576 g/mol. The van der Waals surface area contributed by atoms with Crippen molar-refractivity contribution in [1.29, 1.82) is 0 Å². The molecule has 12 heteroatoms. The minimum atomic E-state index is -1.24. The number of anilines is 2. The van der Waals surface area contributed by atoms with Crippen LogP contribution < -0.4 is 11.1 Å². The molecule has 0 unspecified atom stereocenters. The molecule has 0 saturated carbocycles. The van der Waals surface area contributed by atoms with Crippen LogP contribution in [0.1, 0.15) is 38.3 Å². The van der Waals surface area contributed by atoms with Crippen LogP contribution in [-0.4, -0.2) is 62.5 Å². The van der Waals surface area contributed by atoms with Crippen molar-refractivity contribution in [1.82, 2.24) is 29.4 Å². The van der Waals surface area contributed by atoms with Crippen LogP contribution in [0, 0.1) is 5.92 Å². The number of carbonyl (C=O) groups is 2. The van der Waals surface area contributed by atoms with Crippen LogP contribution in [0.2, 0.25) is 25.7 Å². The maximum absolute atomic E-state index is 13.7. The molecule has 3 N–H and O–H groups in total. The number of carbonyl (C=O) groups excluding carboxylic acids is 2. The van der Waals surface area contributed by atoms with E-state index in [0.717, 1.165) is 41.9 Å². The lowest BCUT2D eigenvalue weighted by Gasteiger charge is -2.38. The smallest absolute Gasteiger partial charge is 0.314 e. The zero-order chi connectivity index (χ0) is 29.3. The lowest BCUT2D eigenvalue weighted by molar-refractivity contribution is -0.146. The second-order valence-corrected chi connectivity index (χ2v) is 17.8. The van der Waals surface area contributed by atoms with Gasteiger partial charge in [-0.25, -0.2) is 9.67 Å². The Morgan fingerprint density at radius 1 is 1.12 bits per heavy atom. The molecule has 218 valence electrons. The van der Waals surface area contributed by atoms with Gasteiger partial charge in [0, 0.05) is 33.2 Å². The first-order chi connectivity index (χ1) is 19.6. The number of aryl methyl sites for hydroxylation is 1. The van der Waals surface area contributed by atoms with Crippen LogP contribution in [-0.2, 0) is 27.6 Å². The third-order valence-electron chi connectivity index (χ3n) is 7.78. The molecular formula is C29H40N8O3Si. The number of rotatable bonds is 8. The molecule has 4 heterocycles. The lowest BCUT2D eigenvalue weighted by atomic mass is 9.89. The molecule has 11 nitrogen and oxygen atoms in total. The van der Waals surface area contributed by atoms with Crippen LogP contribution in [0.3, 0.4) is 0 Å². The van der Waals surface area contributed by atoms with Gasteiger partial charge in [0.25, 0.3) is 0 Å². The van der Waals surface area contributed by atoms with Crippen LogP contribution in [0.15, 0.2) is 36.8 Å². The third-order valence-corrected chi connectivity index (χ3v) is 9.49. The van der Waals surface area contributed by atoms with E-state index in [-0.39, 0.29) is 18.7 Å². The molecule has 1 aliphatic rings. The summed E-state index contributed by atoms with van der Waals surface area (Å²) in [4.78, 5) is 33.1. The van der Waals surface area contributed by atoms with Crippen LogP contribution in [0.25, 0.3) is 21.8 Å². The van der Waals surface area contributed by atoms with E-state index < -0.39 is 19.9 Å². The van der Waals surface area contributed by atoms with Gasteiger partial charge in [0.05, 0.1) is 46.7 Å². The first-order valence-electron chi connectivity index (χ1n) is 14.3. The van der Waals surface area contributed by atoms with Gasteiger partial charge in [-0.1, -0.05) is 32.6 Å². The first kappa shape index (κ1) is 28.7. The van der Waals surface area contributed by atoms with Gasteiger partial charge in [-0.15, -0.1) is 0 Å². The number of nitrogens with zero attached hydrogens (tertiary/aromatic N) is 6. The lowest BCUT2D eigenvalue weighted by Crippen LogP contribution is -2.46. The van der Waals surface area contributed by atoms with Crippen molar-refractivity contribution in [2.45, 2.75) is 71.7 Å². The molecule has 2 atom stereocenters. The predicted octanol–water partition coefficient (Wildman–Crippen LogP) is 4.63. The third kappa shape index (κ3) is 6.13. The predicted molar refractivity (Wildman–Crippen MR) is 163 cm³/mol. The molecule has 1 fully saturated rings. The zero-order valence-corrected chi connectivity index (χ0v) is 25.6. The van der Waals surface area contributed by atoms with E-state index in [2.05, 4.69) is 60.1 Å². The zero-order valence-electron chi connectivity index (χ0n) is 24.6. The number of piperidine rings is 1. The Bertz CT molecular complexity index is 1570. The Labute approximate surface area is 241 Å². The topological polar surface area (TPSA) is 133 Å². The van der Waals surface area contributed by atoms with Crippen molar-refractivity contribution in [2.24, 2.45) is 5.92 Å². The SMILES string of the molecule is CCn1ncc2cc([C@H]3CC[C@H](C)CN3C(=O)C(=O)Nc3cnc(N)c4cnn(COCC[Si](C)(C)C)c34)ccc21. The standard InChI is InChI=1S/C29H40N8O3Si/c1-6-36-25-10-8-20(13-21(25)14-32-36)24-9-7-19(2)17-35(24)29(39)28(38)34-23-16-31-27(30)22-15-33-37(26(22)23)18-40-11-12-41(3,4)5/h8,10,13-16,19,24H,6-7,9,11-12,17-18H2,1-5H3,(H2,30,31)(H,34,38)/t19-,24+/m0/s1. The Kier molecular flexibility index (Phi) is 8.14. The maximum atomic E-state index is 13.7. The highest BCUT2D eigenvalue weighted by molar-refractivity contribution is 6.76. The number of ether oxygens (including phenoxy) is 1. The van der Waals surface area contributed by atoms with Gasteiger partial charge in [0.1, 0.15) is 12.5 Å². The number of nitrogens with one attached hydrogen (secondary N) is 1. The van der Waals surface area contributed by atoms with Gasteiger partial charge in [0.2, 0.25) is 0 Å². The number of amides is 2. The van der Waals surface area contributed by atoms with E-state index in [1.54, 1.807) is 15.8 Å². The van der Waals surface area contributed by atoms with Crippen molar-refractivity contribution in [2.75, 3.05) is 24.2 Å². The number of hydrogen-bond donors (Lipinski definition) is 2. The number of aromatic nitrogens is 5. The Hall–Kier alpha value is -3.77. The summed E-state index contributed by atoms with van der Waals surface area (Å²) in [6.07, 6.45) is 6.68. The van der Waals surface area contributed by atoms with Gasteiger partial charge in [-0.2, -0.15) is 10.2 Å². The number of nitrogen functional groups attached to an aromatic ring is 1. The van der Waals surface area contributed by atoms with Gasteiger partial charge in [-0.05, 0) is 49.4 Å². The molecular weight excluding hydrogens is 536 g/mol. The molecule has 3 aromatic heterocycles. The van der Waals surface area contributed by atoms with E-state index in [1.165, 1.54) is 6.20 Å². The number of hydrogen-bond acceptors (Lipinski definition) is 7. The Balaban J connectivity index is 1.37. The van der Waals surface area contributed by atoms with Gasteiger partial charge in [-0.3, -0.25) is 14.3 Å². The minimum absolute atomic E-state index is 0.200. The van der Waals surface area contributed by atoms with Crippen LogP contribution >= 0.6 is 0 Å². The van der Waals surface area contributed by atoms with Crippen molar-refractivity contribution < 1.29 is 14.3 Å². The summed E-state index contributed by atoms with van der Waals surface area (Å²) in [6.45, 7) is 13.2. The highest BCUT2D eigenvalue weighted by atomic mass is 28.3. The van der Waals surface area contributed by atoms with Gasteiger partial charge < -0.3 is 20.7 Å². The number of nitrogens with two attached hydrogens (primary N) is 1. The number of pyridine rings is 1. The number of likely N-dealkylation sites (tertiary alicyclic amines) is 1. The van der Waals surface area contributed by atoms with Crippen molar-refractivity contribution in [3.63, 3.8) is 0 Å². The van der Waals surface area contributed by atoms with E-state index in [4.69, 9.17) is 10.5 Å². The van der Waals surface area contributed by atoms with E-state index in [1.807, 2.05) is 23.0 Å². The fourth-order valence-electron chi connectivity index (χ4n) is 5.44. The highest BCUT2D eigenvalue weighted by Crippen LogP contribution is 2.35. The van der Waals surface area contributed by atoms with Gasteiger partial charge >= 0.3 is 11.8 Å². The van der Waals surface area contributed by atoms with Crippen molar-refractivity contribution >= 4 is 53.2 Å². The second kappa shape index (κ2) is 11.6. The summed E-state index contributed by atoms with van der Waals surface area (Å²) in [7, 11) is -1.24. The number of fused-ring (bicyclic) bond motifs is 2. The normalized spacial score (nSPS) is 17.8. The van der Waals surface area contributed by atoms with Crippen LogP contribution in [0.4, 0.5) is 11.5 Å².